The summed E-state index contributed by atoms with van der Waals surface area (Å²) in [5.74, 6) is -2.54. The third kappa shape index (κ3) is 3.33. The van der Waals surface area contributed by atoms with Gasteiger partial charge >= 0.3 is 5.97 Å². The molecule has 0 aromatic heterocycles. The van der Waals surface area contributed by atoms with Crippen LogP contribution in [0.5, 0.6) is 0 Å². The van der Waals surface area contributed by atoms with Gasteiger partial charge in [-0.1, -0.05) is 12.1 Å². The van der Waals surface area contributed by atoms with Crippen molar-refractivity contribution in [1.29, 1.82) is 0 Å². The molecule has 6 heteroatoms. The largest absolute Gasteiger partial charge is 0.481 e. The number of aliphatic hydroxyl groups is 1. The lowest BCUT2D eigenvalue weighted by Crippen LogP contribution is -2.47. The highest BCUT2D eigenvalue weighted by atomic mass is 19.1. The smallest absolute Gasteiger partial charge is 0.303 e. The van der Waals surface area contributed by atoms with Gasteiger partial charge in [0, 0.05) is 12.3 Å². The van der Waals surface area contributed by atoms with Gasteiger partial charge in [-0.15, -0.1) is 0 Å². The van der Waals surface area contributed by atoms with Gasteiger partial charge in [0.15, 0.2) is 0 Å². The lowest BCUT2D eigenvalue weighted by Gasteiger charge is -2.34. The number of carboxylic acids is 1. The van der Waals surface area contributed by atoms with E-state index in [4.69, 9.17) is 5.11 Å². The van der Waals surface area contributed by atoms with Crippen LogP contribution in [0.3, 0.4) is 0 Å². The zero-order chi connectivity index (χ0) is 14.7. The van der Waals surface area contributed by atoms with Crippen LogP contribution < -0.4 is 5.32 Å². The molecular formula is C14H16FNO4. The van der Waals surface area contributed by atoms with Crippen LogP contribution in [0.4, 0.5) is 4.39 Å². The van der Waals surface area contributed by atoms with E-state index in [-0.39, 0.29) is 30.5 Å². The maximum Gasteiger partial charge on any atom is 0.303 e. The predicted molar refractivity (Wildman–Crippen MR) is 68.3 cm³/mol. The average Bonchev–Trinajstić information content (AvgIpc) is 2.37. The molecule has 108 valence electrons. The molecule has 1 saturated heterocycles. The van der Waals surface area contributed by atoms with Crippen molar-refractivity contribution in [2.24, 2.45) is 5.92 Å². The highest BCUT2D eigenvalue weighted by molar-refractivity contribution is 5.81. The Hall–Kier alpha value is -1.95. The lowest BCUT2D eigenvalue weighted by molar-refractivity contribution is -0.138. The SMILES string of the molecule is O=C(O)CCC1C(=O)NC(O)CC1c1ccc(F)cc1. The fourth-order valence-electron chi connectivity index (χ4n) is 2.61. The number of hydrogen-bond donors (Lipinski definition) is 3. The van der Waals surface area contributed by atoms with E-state index in [0.717, 1.165) is 5.56 Å². The van der Waals surface area contributed by atoms with E-state index in [1.807, 2.05) is 0 Å². The van der Waals surface area contributed by atoms with E-state index in [1.165, 1.54) is 12.1 Å². The number of carbonyl (C=O) groups excluding carboxylic acids is 1. The van der Waals surface area contributed by atoms with Gasteiger partial charge in [0.05, 0.1) is 0 Å². The van der Waals surface area contributed by atoms with Crippen molar-refractivity contribution in [2.75, 3.05) is 0 Å². The molecular weight excluding hydrogens is 265 g/mol. The van der Waals surface area contributed by atoms with Gasteiger partial charge in [-0.3, -0.25) is 9.59 Å². The second-order valence-electron chi connectivity index (χ2n) is 4.96. The highest BCUT2D eigenvalue weighted by Gasteiger charge is 2.36. The summed E-state index contributed by atoms with van der Waals surface area (Å²) in [5, 5.41) is 20.8. The summed E-state index contributed by atoms with van der Waals surface area (Å²) in [4.78, 5) is 22.6. The Morgan fingerprint density at radius 1 is 1.35 bits per heavy atom. The van der Waals surface area contributed by atoms with Crippen molar-refractivity contribution in [3.63, 3.8) is 0 Å². The maximum absolute atomic E-state index is 13.0. The summed E-state index contributed by atoms with van der Waals surface area (Å²) < 4.78 is 13.0. The summed E-state index contributed by atoms with van der Waals surface area (Å²) in [6, 6.07) is 5.73. The minimum atomic E-state index is -0.971. The molecule has 1 aromatic carbocycles. The minimum absolute atomic E-state index is 0.119. The van der Waals surface area contributed by atoms with Crippen LogP contribution in [0, 0.1) is 11.7 Å². The van der Waals surface area contributed by atoms with Crippen LogP contribution in [-0.4, -0.2) is 28.3 Å². The molecule has 0 saturated carbocycles. The second-order valence-corrected chi connectivity index (χ2v) is 4.96. The first-order chi connectivity index (χ1) is 9.47. The number of halogens is 1. The quantitative estimate of drug-likeness (QED) is 0.774. The second kappa shape index (κ2) is 6.00. The summed E-state index contributed by atoms with van der Waals surface area (Å²) >= 11 is 0. The third-order valence-corrected chi connectivity index (χ3v) is 3.58. The molecule has 0 spiro atoms. The van der Waals surface area contributed by atoms with Crippen LogP contribution in [0.15, 0.2) is 24.3 Å². The monoisotopic (exact) mass is 281 g/mol. The molecule has 0 aliphatic carbocycles. The van der Waals surface area contributed by atoms with E-state index in [2.05, 4.69) is 5.32 Å². The molecule has 0 bridgehead atoms. The number of aliphatic carboxylic acids is 1. The van der Waals surface area contributed by atoms with Gasteiger partial charge in [-0.2, -0.15) is 0 Å². The molecule has 5 nitrogen and oxygen atoms in total. The fourth-order valence-corrected chi connectivity index (χ4v) is 2.61. The predicted octanol–water partition coefficient (Wildman–Crippen LogP) is 1.23. The van der Waals surface area contributed by atoms with E-state index in [1.54, 1.807) is 12.1 Å². The van der Waals surface area contributed by atoms with Crippen molar-refractivity contribution >= 4 is 11.9 Å². The number of amides is 1. The number of benzene rings is 1. The molecule has 1 fully saturated rings. The number of nitrogens with one attached hydrogen (secondary N) is 1. The summed E-state index contributed by atoms with van der Waals surface area (Å²) in [6.07, 6.45) is -0.595. The Morgan fingerprint density at radius 3 is 2.60 bits per heavy atom. The Balaban J connectivity index is 2.21. The lowest BCUT2D eigenvalue weighted by atomic mass is 9.77. The Morgan fingerprint density at radius 2 is 2.00 bits per heavy atom. The van der Waals surface area contributed by atoms with Crippen molar-refractivity contribution in [3.05, 3.63) is 35.6 Å². The minimum Gasteiger partial charge on any atom is -0.481 e. The number of rotatable bonds is 4. The highest BCUT2D eigenvalue weighted by Crippen LogP contribution is 2.35. The van der Waals surface area contributed by atoms with Gasteiger partial charge in [0.1, 0.15) is 12.0 Å². The zero-order valence-electron chi connectivity index (χ0n) is 10.8. The molecule has 3 N–H and O–H groups in total. The van der Waals surface area contributed by atoms with Crippen molar-refractivity contribution < 1.29 is 24.2 Å². The number of hydrogen-bond acceptors (Lipinski definition) is 3. The molecule has 20 heavy (non-hydrogen) atoms. The first kappa shape index (κ1) is 14.5. The zero-order valence-corrected chi connectivity index (χ0v) is 10.8. The fraction of sp³-hybridized carbons (Fsp3) is 0.429. The third-order valence-electron chi connectivity index (χ3n) is 3.58. The molecule has 3 atom stereocenters. The van der Waals surface area contributed by atoms with E-state index >= 15 is 0 Å². The first-order valence-corrected chi connectivity index (χ1v) is 6.43. The number of piperidine rings is 1. The summed E-state index contributed by atoms with van der Waals surface area (Å²) in [5.41, 5.74) is 0.732. The van der Waals surface area contributed by atoms with E-state index in [0.29, 0.717) is 6.42 Å². The average molecular weight is 281 g/mol. The molecule has 1 aromatic rings. The number of carbonyl (C=O) groups is 2. The molecule has 3 unspecified atom stereocenters. The number of carboxylic acid groups (broad SMARTS) is 1. The van der Waals surface area contributed by atoms with Gasteiger partial charge in [-0.25, -0.2) is 4.39 Å². The molecule has 1 amide bonds. The van der Waals surface area contributed by atoms with Gasteiger partial charge in [0.25, 0.3) is 0 Å². The van der Waals surface area contributed by atoms with E-state index < -0.39 is 18.1 Å². The molecule has 1 heterocycles. The van der Waals surface area contributed by atoms with Crippen LogP contribution >= 0.6 is 0 Å². The summed E-state index contributed by atoms with van der Waals surface area (Å²) in [7, 11) is 0. The molecule has 1 aliphatic heterocycles. The maximum atomic E-state index is 13.0. The van der Waals surface area contributed by atoms with Gasteiger partial charge in [0.2, 0.25) is 5.91 Å². The number of aliphatic hydroxyl groups excluding tert-OH is 1. The molecule has 0 radical (unpaired) electrons. The first-order valence-electron chi connectivity index (χ1n) is 6.43. The van der Waals surface area contributed by atoms with Crippen LogP contribution in [0.2, 0.25) is 0 Å². The van der Waals surface area contributed by atoms with Crippen LogP contribution in [0.25, 0.3) is 0 Å². The molecule has 2 rings (SSSR count). The van der Waals surface area contributed by atoms with Crippen molar-refractivity contribution in [2.45, 2.75) is 31.4 Å². The normalized spacial score (nSPS) is 26.1. The Kier molecular flexibility index (Phi) is 4.34. The van der Waals surface area contributed by atoms with Gasteiger partial charge in [-0.05, 0) is 36.5 Å². The van der Waals surface area contributed by atoms with Crippen molar-refractivity contribution in [3.8, 4) is 0 Å². The summed E-state index contributed by atoms with van der Waals surface area (Å²) in [6.45, 7) is 0. The van der Waals surface area contributed by atoms with Crippen molar-refractivity contribution in [1.82, 2.24) is 5.32 Å². The van der Waals surface area contributed by atoms with Crippen LogP contribution in [0.1, 0.15) is 30.7 Å². The Labute approximate surface area is 115 Å². The van der Waals surface area contributed by atoms with Crippen LogP contribution in [-0.2, 0) is 9.59 Å². The molecule has 1 aliphatic rings. The van der Waals surface area contributed by atoms with E-state index in [9.17, 15) is 19.1 Å². The standard InChI is InChI=1S/C14H16FNO4/c15-9-3-1-8(2-4-9)11-7-12(17)16-14(20)10(11)5-6-13(18)19/h1-4,10-12,17H,5-7H2,(H,16,20)(H,18,19). The topological polar surface area (TPSA) is 86.6 Å². The Bertz CT molecular complexity index is 502. The van der Waals surface area contributed by atoms with Gasteiger partial charge < -0.3 is 15.5 Å².